The van der Waals surface area contributed by atoms with Crippen molar-refractivity contribution in [2.45, 2.75) is 19.4 Å². The van der Waals surface area contributed by atoms with Crippen molar-refractivity contribution in [3.05, 3.63) is 22.9 Å². The molecular formula is C9H13BrN2O. The molecule has 3 nitrogen and oxygen atoms in total. The van der Waals surface area contributed by atoms with Gasteiger partial charge in [-0.2, -0.15) is 0 Å². The molecule has 0 aliphatic carbocycles. The highest BCUT2D eigenvalue weighted by atomic mass is 79.9. The average Bonchev–Trinajstić information content (AvgIpc) is 2.04. The highest BCUT2D eigenvalue weighted by Gasteiger charge is 2.00. The Morgan fingerprint density at radius 2 is 2.38 bits per heavy atom. The highest BCUT2D eigenvalue weighted by molar-refractivity contribution is 9.10. The van der Waals surface area contributed by atoms with E-state index < -0.39 is 0 Å². The molecule has 0 radical (unpaired) electrons. The summed E-state index contributed by atoms with van der Waals surface area (Å²) in [5, 5.41) is 11.9. The average molecular weight is 245 g/mol. The van der Waals surface area contributed by atoms with Gasteiger partial charge in [-0.1, -0.05) is 0 Å². The normalized spacial score (nSPS) is 12.5. The molecule has 0 saturated heterocycles. The van der Waals surface area contributed by atoms with Gasteiger partial charge in [0.1, 0.15) is 0 Å². The molecule has 0 bridgehead atoms. The first-order chi connectivity index (χ1) is 6.22. The van der Waals surface area contributed by atoms with Gasteiger partial charge in [0.2, 0.25) is 0 Å². The fourth-order valence-electron chi connectivity index (χ4n) is 1.04. The topological polar surface area (TPSA) is 45.1 Å². The predicted molar refractivity (Wildman–Crippen MR) is 56.7 cm³/mol. The summed E-state index contributed by atoms with van der Waals surface area (Å²) in [4.78, 5) is 4.03. The number of hydrogen-bond acceptors (Lipinski definition) is 3. The smallest absolute Gasteiger partial charge is 0.0540 e. The van der Waals surface area contributed by atoms with Gasteiger partial charge in [-0.05, 0) is 35.3 Å². The van der Waals surface area contributed by atoms with Crippen molar-refractivity contribution >= 4 is 21.6 Å². The van der Waals surface area contributed by atoms with E-state index in [1.165, 1.54) is 0 Å². The van der Waals surface area contributed by atoms with Gasteiger partial charge in [-0.3, -0.25) is 4.98 Å². The van der Waals surface area contributed by atoms with Crippen LogP contribution in [0.15, 0.2) is 22.9 Å². The van der Waals surface area contributed by atoms with Crippen molar-refractivity contribution in [1.29, 1.82) is 0 Å². The van der Waals surface area contributed by atoms with Crippen molar-refractivity contribution in [3.63, 3.8) is 0 Å². The van der Waals surface area contributed by atoms with Crippen LogP contribution in [0, 0.1) is 0 Å². The molecule has 0 spiro atoms. The van der Waals surface area contributed by atoms with E-state index in [1.807, 2.05) is 13.0 Å². The zero-order valence-corrected chi connectivity index (χ0v) is 9.08. The molecule has 1 heterocycles. The van der Waals surface area contributed by atoms with Crippen LogP contribution in [0.1, 0.15) is 13.3 Å². The van der Waals surface area contributed by atoms with E-state index in [1.54, 1.807) is 12.4 Å². The van der Waals surface area contributed by atoms with E-state index in [0.717, 1.165) is 16.6 Å². The molecule has 72 valence electrons. The van der Waals surface area contributed by atoms with Crippen LogP contribution in [0.4, 0.5) is 5.69 Å². The van der Waals surface area contributed by atoms with E-state index in [2.05, 4.69) is 26.2 Å². The summed E-state index contributed by atoms with van der Waals surface area (Å²) in [6.07, 6.45) is 4.24. The highest BCUT2D eigenvalue weighted by Crippen LogP contribution is 2.14. The Hall–Kier alpha value is -0.610. The minimum atomic E-state index is 0.204. The maximum atomic E-state index is 8.70. The van der Waals surface area contributed by atoms with Gasteiger partial charge in [-0.15, -0.1) is 0 Å². The monoisotopic (exact) mass is 244 g/mol. The summed E-state index contributed by atoms with van der Waals surface area (Å²) in [5.41, 5.74) is 0.968. The molecule has 0 saturated carbocycles. The van der Waals surface area contributed by atoms with Gasteiger partial charge in [0, 0.05) is 23.3 Å². The quantitative estimate of drug-likeness (QED) is 0.853. The van der Waals surface area contributed by atoms with Crippen molar-refractivity contribution in [2.24, 2.45) is 0 Å². The Balaban J connectivity index is 2.53. The Labute approximate surface area is 86.3 Å². The number of aromatic nitrogens is 1. The zero-order valence-electron chi connectivity index (χ0n) is 7.50. The van der Waals surface area contributed by atoms with E-state index in [-0.39, 0.29) is 12.6 Å². The van der Waals surface area contributed by atoms with Crippen LogP contribution in [0.3, 0.4) is 0 Å². The molecule has 0 unspecified atom stereocenters. The molecule has 1 aromatic heterocycles. The summed E-state index contributed by atoms with van der Waals surface area (Å²) in [6.45, 7) is 2.23. The third kappa shape index (κ3) is 3.74. The minimum absolute atomic E-state index is 0.204. The van der Waals surface area contributed by atoms with Crippen LogP contribution in [-0.4, -0.2) is 22.7 Å². The van der Waals surface area contributed by atoms with Gasteiger partial charge < -0.3 is 10.4 Å². The first kappa shape index (κ1) is 10.5. The van der Waals surface area contributed by atoms with Gasteiger partial charge >= 0.3 is 0 Å². The van der Waals surface area contributed by atoms with Gasteiger partial charge in [0.25, 0.3) is 0 Å². The number of nitrogens with one attached hydrogen (secondary N) is 1. The van der Waals surface area contributed by atoms with Gasteiger partial charge in [-0.25, -0.2) is 0 Å². The van der Waals surface area contributed by atoms with E-state index >= 15 is 0 Å². The van der Waals surface area contributed by atoms with Crippen molar-refractivity contribution < 1.29 is 5.11 Å². The Bertz CT molecular complexity index is 268. The Morgan fingerprint density at radius 1 is 1.62 bits per heavy atom. The van der Waals surface area contributed by atoms with Crippen molar-refractivity contribution in [3.8, 4) is 0 Å². The predicted octanol–water partition coefficient (Wildman–Crippen LogP) is 2.03. The molecule has 1 aromatic rings. The lowest BCUT2D eigenvalue weighted by Gasteiger charge is -2.13. The molecule has 1 atom stereocenters. The van der Waals surface area contributed by atoms with E-state index in [4.69, 9.17) is 5.11 Å². The first-order valence-corrected chi connectivity index (χ1v) is 4.99. The molecule has 0 aromatic carbocycles. The molecule has 2 N–H and O–H groups in total. The summed E-state index contributed by atoms with van der Waals surface area (Å²) >= 11 is 3.34. The van der Waals surface area contributed by atoms with Crippen LogP contribution in [0.25, 0.3) is 0 Å². The third-order valence-corrected chi connectivity index (χ3v) is 2.11. The molecule has 0 aliphatic rings. The molecule has 0 aliphatic heterocycles. The lowest BCUT2D eigenvalue weighted by Crippen LogP contribution is -2.16. The van der Waals surface area contributed by atoms with Crippen molar-refractivity contribution in [2.75, 3.05) is 11.9 Å². The molecule has 1 rings (SSSR count). The van der Waals surface area contributed by atoms with Gasteiger partial charge in [0.15, 0.2) is 0 Å². The van der Waals surface area contributed by atoms with Crippen LogP contribution < -0.4 is 5.32 Å². The number of hydrogen-bond donors (Lipinski definition) is 2. The standard InChI is InChI=1S/C9H13BrN2O/c1-7(2-3-13)12-9-4-8(10)5-11-6-9/h4-7,12-13H,2-3H2,1H3/t7-/m1/s1. The molecule has 0 amide bonds. The number of pyridine rings is 1. The summed E-state index contributed by atoms with van der Waals surface area (Å²) < 4.78 is 0.952. The fourth-order valence-corrected chi connectivity index (χ4v) is 1.41. The van der Waals surface area contributed by atoms with E-state index in [0.29, 0.717) is 0 Å². The van der Waals surface area contributed by atoms with Crippen LogP contribution in [0.5, 0.6) is 0 Å². The van der Waals surface area contributed by atoms with E-state index in [9.17, 15) is 0 Å². The van der Waals surface area contributed by atoms with Crippen molar-refractivity contribution in [1.82, 2.24) is 4.98 Å². The Kier molecular flexibility index (Phi) is 4.18. The van der Waals surface area contributed by atoms with Crippen LogP contribution in [-0.2, 0) is 0 Å². The largest absolute Gasteiger partial charge is 0.396 e. The van der Waals surface area contributed by atoms with Crippen LogP contribution in [0.2, 0.25) is 0 Å². The molecule has 4 heteroatoms. The number of aliphatic hydroxyl groups is 1. The number of aliphatic hydroxyl groups excluding tert-OH is 1. The zero-order chi connectivity index (χ0) is 9.68. The fraction of sp³-hybridized carbons (Fsp3) is 0.444. The molecular weight excluding hydrogens is 232 g/mol. The minimum Gasteiger partial charge on any atom is -0.396 e. The number of halogens is 1. The maximum absolute atomic E-state index is 8.70. The SMILES string of the molecule is C[C@H](CCO)Nc1cncc(Br)c1. The summed E-state index contributed by atoms with van der Waals surface area (Å²) in [7, 11) is 0. The number of anilines is 1. The summed E-state index contributed by atoms with van der Waals surface area (Å²) in [6, 6.07) is 2.22. The maximum Gasteiger partial charge on any atom is 0.0540 e. The molecule has 0 fully saturated rings. The summed E-state index contributed by atoms with van der Waals surface area (Å²) in [5.74, 6) is 0. The Morgan fingerprint density at radius 3 is 3.00 bits per heavy atom. The second kappa shape index (κ2) is 5.19. The lowest BCUT2D eigenvalue weighted by atomic mass is 10.2. The first-order valence-electron chi connectivity index (χ1n) is 4.20. The van der Waals surface area contributed by atoms with Gasteiger partial charge in [0.05, 0.1) is 11.9 Å². The number of nitrogens with zero attached hydrogens (tertiary/aromatic N) is 1. The third-order valence-electron chi connectivity index (χ3n) is 1.68. The lowest BCUT2D eigenvalue weighted by molar-refractivity contribution is 0.282. The number of rotatable bonds is 4. The molecule has 13 heavy (non-hydrogen) atoms. The second-order valence-corrected chi connectivity index (χ2v) is 3.87. The second-order valence-electron chi connectivity index (χ2n) is 2.95. The van der Waals surface area contributed by atoms with Crippen LogP contribution >= 0.6 is 15.9 Å².